The first-order chi connectivity index (χ1) is 10.2. The van der Waals surface area contributed by atoms with Gasteiger partial charge in [0.05, 0.1) is 6.07 Å². The first-order valence-electron chi connectivity index (χ1n) is 7.06. The molecule has 3 heteroatoms. The summed E-state index contributed by atoms with van der Waals surface area (Å²) in [6, 6.07) is 16.6. The Morgan fingerprint density at radius 2 is 1.81 bits per heavy atom. The molecule has 0 radical (unpaired) electrons. The van der Waals surface area contributed by atoms with Crippen LogP contribution in [0.25, 0.3) is 11.1 Å². The normalized spacial score (nSPS) is 13.7. The Labute approximate surface area is 124 Å². The van der Waals surface area contributed by atoms with E-state index in [0.29, 0.717) is 6.42 Å². The maximum atomic E-state index is 11.9. The Morgan fingerprint density at radius 1 is 1.10 bits per heavy atom. The molecular formula is C18H16N2O. The standard InChI is InChI=1S/C18H16N2O/c1-13-2-4-14(5-3-13)15-6-8-17-16(12-15)7-9-18(21)20(17)11-10-19/h2-6,8,12H,7,9,11H2,1H3. The third-order valence-corrected chi connectivity index (χ3v) is 3.89. The summed E-state index contributed by atoms with van der Waals surface area (Å²) in [7, 11) is 0. The van der Waals surface area contributed by atoms with Gasteiger partial charge in [-0.05, 0) is 42.2 Å². The molecule has 0 aliphatic carbocycles. The van der Waals surface area contributed by atoms with Gasteiger partial charge in [-0.1, -0.05) is 35.9 Å². The van der Waals surface area contributed by atoms with Crippen molar-refractivity contribution in [3.63, 3.8) is 0 Å². The van der Waals surface area contributed by atoms with Crippen LogP contribution in [-0.4, -0.2) is 12.5 Å². The monoisotopic (exact) mass is 276 g/mol. The molecule has 2 aromatic rings. The molecule has 3 nitrogen and oxygen atoms in total. The van der Waals surface area contributed by atoms with Crippen molar-refractivity contribution in [2.75, 3.05) is 11.4 Å². The molecule has 0 N–H and O–H groups in total. The maximum Gasteiger partial charge on any atom is 0.228 e. The fourth-order valence-electron chi connectivity index (χ4n) is 2.73. The molecule has 104 valence electrons. The molecule has 1 aliphatic heterocycles. The quantitative estimate of drug-likeness (QED) is 0.788. The molecule has 0 saturated heterocycles. The second kappa shape index (κ2) is 5.41. The number of nitrogens with zero attached hydrogens (tertiary/aromatic N) is 2. The predicted molar refractivity (Wildman–Crippen MR) is 82.9 cm³/mol. The summed E-state index contributed by atoms with van der Waals surface area (Å²) >= 11 is 0. The van der Waals surface area contributed by atoms with Gasteiger partial charge >= 0.3 is 0 Å². The molecule has 0 unspecified atom stereocenters. The van der Waals surface area contributed by atoms with Crippen LogP contribution >= 0.6 is 0 Å². The van der Waals surface area contributed by atoms with Crippen LogP contribution < -0.4 is 4.90 Å². The molecule has 0 spiro atoms. The van der Waals surface area contributed by atoms with E-state index in [9.17, 15) is 4.79 Å². The van der Waals surface area contributed by atoms with Crippen LogP contribution in [0.2, 0.25) is 0 Å². The number of hydrogen-bond donors (Lipinski definition) is 0. The van der Waals surface area contributed by atoms with Gasteiger partial charge in [-0.25, -0.2) is 0 Å². The van der Waals surface area contributed by atoms with E-state index in [1.165, 1.54) is 11.1 Å². The van der Waals surface area contributed by atoms with Crippen molar-refractivity contribution in [1.29, 1.82) is 5.26 Å². The minimum atomic E-state index is 0.0344. The van der Waals surface area contributed by atoms with Crippen LogP contribution in [0.5, 0.6) is 0 Å². The molecule has 0 atom stereocenters. The Bertz CT molecular complexity index is 726. The van der Waals surface area contributed by atoms with Gasteiger partial charge in [-0.3, -0.25) is 9.69 Å². The molecule has 3 rings (SSSR count). The summed E-state index contributed by atoms with van der Waals surface area (Å²) in [4.78, 5) is 13.5. The average Bonchev–Trinajstić information content (AvgIpc) is 2.50. The van der Waals surface area contributed by atoms with E-state index in [-0.39, 0.29) is 12.5 Å². The molecule has 1 heterocycles. The highest BCUT2D eigenvalue weighted by Gasteiger charge is 2.23. The molecule has 0 fully saturated rings. The number of rotatable bonds is 2. The second-order valence-electron chi connectivity index (χ2n) is 5.35. The number of benzene rings is 2. The zero-order valence-electron chi connectivity index (χ0n) is 12.0. The van der Waals surface area contributed by atoms with Crippen molar-refractivity contribution in [3.05, 3.63) is 53.6 Å². The van der Waals surface area contributed by atoms with E-state index in [4.69, 9.17) is 5.26 Å². The van der Waals surface area contributed by atoms with E-state index in [1.807, 2.05) is 12.1 Å². The van der Waals surface area contributed by atoms with Crippen molar-refractivity contribution >= 4 is 11.6 Å². The highest BCUT2D eigenvalue weighted by atomic mass is 16.2. The van der Waals surface area contributed by atoms with Crippen molar-refractivity contribution in [1.82, 2.24) is 0 Å². The van der Waals surface area contributed by atoms with Crippen LogP contribution in [0.15, 0.2) is 42.5 Å². The zero-order valence-corrected chi connectivity index (χ0v) is 12.0. The highest BCUT2D eigenvalue weighted by Crippen LogP contribution is 2.32. The first kappa shape index (κ1) is 13.4. The average molecular weight is 276 g/mol. The van der Waals surface area contributed by atoms with Crippen molar-refractivity contribution in [2.45, 2.75) is 19.8 Å². The molecule has 1 aliphatic rings. The van der Waals surface area contributed by atoms with Gasteiger partial charge in [0.25, 0.3) is 0 Å². The van der Waals surface area contributed by atoms with E-state index in [2.05, 4.69) is 43.3 Å². The van der Waals surface area contributed by atoms with Gasteiger partial charge in [0, 0.05) is 12.1 Å². The van der Waals surface area contributed by atoms with Gasteiger partial charge in [-0.2, -0.15) is 5.26 Å². The maximum absolute atomic E-state index is 11.9. The summed E-state index contributed by atoms with van der Waals surface area (Å²) in [5.74, 6) is 0.0344. The molecule has 0 aromatic heterocycles. The van der Waals surface area contributed by atoms with Crippen molar-refractivity contribution in [3.8, 4) is 17.2 Å². The summed E-state index contributed by atoms with van der Waals surface area (Å²) in [6.45, 7) is 2.19. The van der Waals surface area contributed by atoms with Gasteiger partial charge in [0.15, 0.2) is 0 Å². The minimum absolute atomic E-state index is 0.0344. The fraction of sp³-hybridized carbons (Fsp3) is 0.222. The van der Waals surface area contributed by atoms with E-state index >= 15 is 0 Å². The molecular weight excluding hydrogens is 260 g/mol. The van der Waals surface area contributed by atoms with E-state index in [0.717, 1.165) is 23.2 Å². The third kappa shape index (κ3) is 2.53. The third-order valence-electron chi connectivity index (χ3n) is 3.89. The van der Waals surface area contributed by atoms with E-state index in [1.54, 1.807) is 4.90 Å². The lowest BCUT2D eigenvalue weighted by Crippen LogP contribution is -2.35. The number of fused-ring (bicyclic) bond motifs is 1. The predicted octanol–water partition coefficient (Wildman–Crippen LogP) is 3.46. The van der Waals surface area contributed by atoms with Crippen molar-refractivity contribution in [2.24, 2.45) is 0 Å². The Morgan fingerprint density at radius 3 is 2.52 bits per heavy atom. The van der Waals surface area contributed by atoms with Crippen LogP contribution in [-0.2, 0) is 11.2 Å². The van der Waals surface area contributed by atoms with Crippen LogP contribution in [0.4, 0.5) is 5.69 Å². The van der Waals surface area contributed by atoms with Crippen LogP contribution in [0, 0.1) is 18.3 Å². The number of carbonyl (C=O) groups excluding carboxylic acids is 1. The largest absolute Gasteiger partial charge is 0.298 e. The minimum Gasteiger partial charge on any atom is -0.298 e. The molecule has 21 heavy (non-hydrogen) atoms. The summed E-state index contributed by atoms with van der Waals surface area (Å²) in [5.41, 5.74) is 5.58. The van der Waals surface area contributed by atoms with Crippen molar-refractivity contribution < 1.29 is 4.79 Å². The summed E-state index contributed by atoms with van der Waals surface area (Å²) in [5, 5.41) is 8.88. The lowest BCUT2D eigenvalue weighted by Gasteiger charge is -2.27. The Kier molecular flexibility index (Phi) is 3.45. The second-order valence-corrected chi connectivity index (χ2v) is 5.35. The molecule has 1 amide bonds. The smallest absolute Gasteiger partial charge is 0.228 e. The Hall–Kier alpha value is -2.60. The molecule has 0 saturated carbocycles. The number of carbonyl (C=O) groups is 1. The van der Waals surface area contributed by atoms with Gasteiger partial charge in [0.2, 0.25) is 5.91 Å². The summed E-state index contributed by atoms with van der Waals surface area (Å²) < 4.78 is 0. The lowest BCUT2D eigenvalue weighted by molar-refractivity contribution is -0.118. The van der Waals surface area contributed by atoms with Gasteiger partial charge in [-0.15, -0.1) is 0 Å². The lowest BCUT2D eigenvalue weighted by atomic mass is 9.95. The molecule has 2 aromatic carbocycles. The SMILES string of the molecule is Cc1ccc(-c2ccc3c(c2)CCC(=O)N3CC#N)cc1. The first-order valence-corrected chi connectivity index (χ1v) is 7.06. The van der Waals surface area contributed by atoms with E-state index < -0.39 is 0 Å². The number of hydrogen-bond acceptors (Lipinski definition) is 2. The van der Waals surface area contributed by atoms with Gasteiger partial charge < -0.3 is 0 Å². The van der Waals surface area contributed by atoms with Gasteiger partial charge in [0.1, 0.15) is 6.54 Å². The molecule has 0 bridgehead atoms. The fourth-order valence-corrected chi connectivity index (χ4v) is 2.73. The van der Waals surface area contributed by atoms with Crippen LogP contribution in [0.3, 0.4) is 0 Å². The summed E-state index contributed by atoms with van der Waals surface area (Å²) in [6.07, 6.45) is 1.22. The van der Waals surface area contributed by atoms with Crippen LogP contribution in [0.1, 0.15) is 17.5 Å². The Balaban J connectivity index is 2.00. The number of anilines is 1. The number of amides is 1. The zero-order chi connectivity index (χ0) is 14.8. The number of nitriles is 1. The number of aryl methyl sites for hydroxylation is 2. The topological polar surface area (TPSA) is 44.1 Å². The highest BCUT2D eigenvalue weighted by molar-refractivity contribution is 5.97.